The van der Waals surface area contributed by atoms with Gasteiger partial charge in [0, 0.05) is 24.6 Å². The van der Waals surface area contributed by atoms with E-state index in [2.05, 4.69) is 5.32 Å². The Morgan fingerprint density at radius 2 is 1.80 bits per heavy atom. The number of Topliss-reactive ketones (excluding diaryl/α,β-unsaturated/α-hetero) is 1. The van der Waals surface area contributed by atoms with Gasteiger partial charge in [-0.1, -0.05) is 49.4 Å². The van der Waals surface area contributed by atoms with Crippen LogP contribution in [0.1, 0.15) is 55.2 Å². The highest BCUT2D eigenvalue weighted by atomic mass is 16.7. The Morgan fingerprint density at radius 1 is 1.04 bits per heavy atom. The van der Waals surface area contributed by atoms with E-state index in [4.69, 9.17) is 23.7 Å². The topological polar surface area (TPSA) is 133 Å². The molecule has 46 heavy (non-hydrogen) atoms. The predicted octanol–water partition coefficient (Wildman–Crippen LogP) is 3.76. The van der Waals surface area contributed by atoms with Gasteiger partial charge in [-0.15, -0.1) is 0 Å². The Morgan fingerprint density at radius 3 is 2.50 bits per heavy atom. The summed E-state index contributed by atoms with van der Waals surface area (Å²) < 4.78 is 29.5. The smallest absolute Gasteiger partial charge is 0.235 e. The number of likely N-dealkylation sites (tertiary alicyclic amines) is 1. The SMILES string of the molecule is CCCC(=O)NC1CCCN1C(=O)[C@H]1C(=O)[C@@]2(O)c3c(cc4c(c3OC)OCO4)O[C@@]2(c2ccc(OC)cc2)[C@@H]1c1ccccc1. The Balaban J connectivity index is 1.46. The van der Waals surface area contributed by atoms with Crippen LogP contribution < -0.4 is 29.0 Å². The number of fused-ring (bicyclic) bond motifs is 4. The van der Waals surface area contributed by atoms with Crippen LogP contribution in [0, 0.1) is 5.92 Å². The molecule has 11 nitrogen and oxygen atoms in total. The van der Waals surface area contributed by atoms with E-state index in [0.29, 0.717) is 54.9 Å². The highest BCUT2D eigenvalue weighted by Gasteiger charge is 2.79. The van der Waals surface area contributed by atoms with Gasteiger partial charge in [0.1, 0.15) is 23.6 Å². The van der Waals surface area contributed by atoms with Gasteiger partial charge in [0.15, 0.2) is 22.9 Å². The zero-order chi connectivity index (χ0) is 32.2. The molecule has 5 atom stereocenters. The van der Waals surface area contributed by atoms with E-state index >= 15 is 4.79 Å². The molecule has 3 aromatic carbocycles. The minimum Gasteiger partial charge on any atom is -0.497 e. The van der Waals surface area contributed by atoms with Gasteiger partial charge in [-0.05, 0) is 37.0 Å². The maximum atomic E-state index is 15.1. The molecule has 2 N–H and O–H groups in total. The zero-order valence-corrected chi connectivity index (χ0v) is 25.9. The molecule has 1 saturated heterocycles. The molecule has 7 rings (SSSR count). The average Bonchev–Trinajstić information content (AvgIpc) is 3.83. The summed E-state index contributed by atoms with van der Waals surface area (Å²) in [7, 11) is 2.96. The van der Waals surface area contributed by atoms with Crippen LogP contribution in [0.15, 0.2) is 60.7 Å². The van der Waals surface area contributed by atoms with Crippen LogP contribution in [0.4, 0.5) is 0 Å². The summed E-state index contributed by atoms with van der Waals surface area (Å²) in [6.07, 6.45) is 1.64. The van der Waals surface area contributed by atoms with E-state index in [0.717, 1.165) is 0 Å². The van der Waals surface area contributed by atoms with Crippen molar-refractivity contribution in [2.24, 2.45) is 5.92 Å². The number of nitrogens with one attached hydrogen (secondary N) is 1. The Labute approximate surface area is 266 Å². The lowest BCUT2D eigenvalue weighted by Crippen LogP contribution is -2.51. The predicted molar refractivity (Wildman–Crippen MR) is 164 cm³/mol. The molecule has 1 saturated carbocycles. The average molecular weight is 629 g/mol. The highest BCUT2D eigenvalue weighted by molar-refractivity contribution is 6.11. The van der Waals surface area contributed by atoms with Gasteiger partial charge in [0.2, 0.25) is 30.0 Å². The van der Waals surface area contributed by atoms with E-state index in [1.54, 1.807) is 42.3 Å². The minimum absolute atomic E-state index is 0.0710. The lowest BCUT2D eigenvalue weighted by molar-refractivity contribution is -0.153. The van der Waals surface area contributed by atoms with Crippen LogP contribution in [0.3, 0.4) is 0 Å². The summed E-state index contributed by atoms with van der Waals surface area (Å²) in [6, 6.07) is 17.7. The van der Waals surface area contributed by atoms with Crippen molar-refractivity contribution in [2.45, 2.75) is 55.9 Å². The van der Waals surface area contributed by atoms with Crippen molar-refractivity contribution in [3.05, 3.63) is 77.4 Å². The van der Waals surface area contributed by atoms with Crippen molar-refractivity contribution in [1.29, 1.82) is 0 Å². The number of carbonyl (C=O) groups excluding carboxylic acids is 3. The standard InChI is InChI=1S/C35H36N2O9/c1-4-9-26(38)36-25-12-8-17-37(25)33(40)27-28(20-10-6-5-7-11-20)35(21-13-15-22(42-2)16-14-21)34(41,32(27)39)29-23(46-35)18-24-30(31(29)43-3)45-19-44-24/h5-7,10-11,13-16,18,25,27-28,41H,4,8-9,12,17,19H2,1-3H3,(H,36,38)/t25?,27-,28-,34+,35+/m1/s1. The van der Waals surface area contributed by atoms with E-state index < -0.39 is 40.9 Å². The third kappa shape index (κ3) is 4.10. The number of nitrogens with zero attached hydrogens (tertiary/aromatic N) is 1. The maximum absolute atomic E-state index is 15.1. The number of rotatable bonds is 8. The molecule has 3 aliphatic heterocycles. The number of aliphatic hydroxyl groups is 1. The molecule has 3 aromatic rings. The first-order chi connectivity index (χ1) is 22.3. The highest BCUT2D eigenvalue weighted by Crippen LogP contribution is 2.70. The van der Waals surface area contributed by atoms with Gasteiger partial charge >= 0.3 is 0 Å². The van der Waals surface area contributed by atoms with Crippen molar-refractivity contribution in [1.82, 2.24) is 10.2 Å². The summed E-state index contributed by atoms with van der Waals surface area (Å²) >= 11 is 0. The van der Waals surface area contributed by atoms with Crippen LogP contribution in [0.2, 0.25) is 0 Å². The third-order valence-corrected chi connectivity index (χ3v) is 9.65. The van der Waals surface area contributed by atoms with Gasteiger partial charge in [0.25, 0.3) is 0 Å². The molecule has 1 aliphatic carbocycles. The second-order valence-corrected chi connectivity index (χ2v) is 12.0. The molecule has 4 aliphatic rings. The molecule has 0 spiro atoms. The molecule has 2 amide bonds. The molecular formula is C35H36N2O9. The van der Waals surface area contributed by atoms with Gasteiger partial charge in [-0.25, -0.2) is 0 Å². The van der Waals surface area contributed by atoms with Gasteiger partial charge in [-0.3, -0.25) is 14.4 Å². The molecule has 0 aromatic heterocycles. The van der Waals surface area contributed by atoms with Crippen molar-refractivity contribution in [2.75, 3.05) is 27.6 Å². The number of hydrogen-bond donors (Lipinski definition) is 2. The first kappa shape index (κ1) is 29.9. The van der Waals surface area contributed by atoms with Crippen LogP contribution in [-0.2, 0) is 25.6 Å². The lowest BCUT2D eigenvalue weighted by Gasteiger charge is -2.40. The number of ketones is 1. The monoisotopic (exact) mass is 628 g/mol. The Hall–Kier alpha value is -4.77. The van der Waals surface area contributed by atoms with Gasteiger partial charge in [-0.2, -0.15) is 0 Å². The van der Waals surface area contributed by atoms with E-state index in [1.807, 2.05) is 37.3 Å². The molecule has 2 fully saturated rings. The number of carbonyl (C=O) groups is 3. The summed E-state index contributed by atoms with van der Waals surface area (Å²) in [5.41, 5.74) is -3.06. The number of hydrogen-bond acceptors (Lipinski definition) is 9. The largest absolute Gasteiger partial charge is 0.497 e. The number of amides is 2. The molecule has 1 unspecified atom stereocenters. The zero-order valence-electron chi connectivity index (χ0n) is 25.9. The van der Waals surface area contributed by atoms with Crippen LogP contribution in [0.25, 0.3) is 0 Å². The molecule has 240 valence electrons. The van der Waals surface area contributed by atoms with Crippen molar-refractivity contribution >= 4 is 17.6 Å². The summed E-state index contributed by atoms with van der Waals surface area (Å²) in [5, 5.41) is 16.2. The molecule has 11 heteroatoms. The fourth-order valence-electron chi connectivity index (χ4n) is 7.72. The lowest BCUT2D eigenvalue weighted by atomic mass is 9.70. The summed E-state index contributed by atoms with van der Waals surface area (Å²) in [5.74, 6) is -2.31. The maximum Gasteiger partial charge on any atom is 0.235 e. The fourth-order valence-corrected chi connectivity index (χ4v) is 7.72. The normalized spacial score (nSPS) is 27.2. The van der Waals surface area contributed by atoms with E-state index in [-0.39, 0.29) is 35.5 Å². The molecule has 0 bridgehead atoms. The summed E-state index contributed by atoms with van der Waals surface area (Å²) in [6.45, 7) is 2.20. The van der Waals surface area contributed by atoms with Crippen LogP contribution >= 0.6 is 0 Å². The quantitative estimate of drug-likeness (QED) is 0.358. The number of ether oxygens (including phenoxy) is 5. The van der Waals surface area contributed by atoms with Crippen molar-refractivity contribution in [3.63, 3.8) is 0 Å². The number of methoxy groups -OCH3 is 2. The first-order valence-corrected chi connectivity index (χ1v) is 15.6. The Kier molecular flexibility index (Phi) is 7.31. The van der Waals surface area contributed by atoms with Crippen LogP contribution in [-0.4, -0.2) is 61.3 Å². The second kappa shape index (κ2) is 11.2. The first-order valence-electron chi connectivity index (χ1n) is 15.6. The van der Waals surface area contributed by atoms with E-state index in [9.17, 15) is 14.7 Å². The Bertz CT molecular complexity index is 1690. The third-order valence-electron chi connectivity index (χ3n) is 9.65. The fraction of sp³-hybridized carbons (Fsp3) is 0.400. The van der Waals surface area contributed by atoms with Gasteiger partial charge in [0.05, 0.1) is 25.7 Å². The number of benzene rings is 3. The second-order valence-electron chi connectivity index (χ2n) is 12.0. The molecule has 0 radical (unpaired) electrons. The summed E-state index contributed by atoms with van der Waals surface area (Å²) in [4.78, 5) is 44.1. The molecule has 3 heterocycles. The minimum atomic E-state index is -2.40. The van der Waals surface area contributed by atoms with Crippen molar-refractivity contribution in [3.8, 4) is 28.7 Å². The van der Waals surface area contributed by atoms with Crippen molar-refractivity contribution < 1.29 is 43.2 Å². The van der Waals surface area contributed by atoms with Gasteiger partial charge < -0.3 is 39.0 Å². The van der Waals surface area contributed by atoms with E-state index in [1.165, 1.54) is 7.11 Å². The molecular weight excluding hydrogens is 592 g/mol. The van der Waals surface area contributed by atoms with Crippen LogP contribution in [0.5, 0.6) is 28.7 Å².